The smallest absolute Gasteiger partial charge is 0.407 e. The number of methoxy groups -OCH3 is 1. The predicted molar refractivity (Wildman–Crippen MR) is 151 cm³/mol. The van der Waals surface area contributed by atoms with Gasteiger partial charge in [-0.15, -0.1) is 22.7 Å². The molecule has 3 aromatic heterocycles. The molecule has 2 amide bonds. The van der Waals surface area contributed by atoms with Crippen LogP contribution >= 0.6 is 22.7 Å². The van der Waals surface area contributed by atoms with E-state index in [-0.39, 0.29) is 11.9 Å². The lowest BCUT2D eigenvalue weighted by Gasteiger charge is -2.31. The highest BCUT2D eigenvalue weighted by atomic mass is 32.1. The maximum Gasteiger partial charge on any atom is 0.407 e. The van der Waals surface area contributed by atoms with Crippen molar-refractivity contribution in [2.24, 2.45) is 0 Å². The number of thiophene rings is 1. The van der Waals surface area contributed by atoms with Crippen LogP contribution in [0.5, 0.6) is 0 Å². The number of amides is 2. The van der Waals surface area contributed by atoms with Crippen LogP contribution in [0.15, 0.2) is 42.7 Å². The Kier molecular flexibility index (Phi) is 7.98. The second-order valence-corrected chi connectivity index (χ2v) is 11.3. The van der Waals surface area contributed by atoms with Gasteiger partial charge in [-0.25, -0.2) is 9.78 Å². The van der Waals surface area contributed by atoms with Crippen molar-refractivity contribution in [1.82, 2.24) is 20.2 Å². The van der Waals surface area contributed by atoms with E-state index in [1.54, 1.807) is 30.8 Å². The summed E-state index contributed by atoms with van der Waals surface area (Å²) in [5, 5.41) is 17.5. The Balaban J connectivity index is 1.48. The molecule has 9 nitrogen and oxygen atoms in total. The van der Waals surface area contributed by atoms with Gasteiger partial charge in [-0.05, 0) is 54.3 Å². The van der Waals surface area contributed by atoms with Gasteiger partial charge in [0.05, 0.1) is 23.4 Å². The summed E-state index contributed by atoms with van der Waals surface area (Å²) in [6, 6.07) is 9.99. The molecule has 4 heterocycles. The number of nitrogens with one attached hydrogen (secondary N) is 2. The van der Waals surface area contributed by atoms with Gasteiger partial charge in [0.25, 0.3) is 0 Å². The van der Waals surface area contributed by atoms with Gasteiger partial charge in [-0.3, -0.25) is 9.78 Å². The van der Waals surface area contributed by atoms with E-state index in [9.17, 15) is 14.7 Å². The third kappa shape index (κ3) is 5.56. The number of hydrogen-bond donors (Lipinski definition) is 3. The van der Waals surface area contributed by atoms with E-state index in [0.717, 1.165) is 47.4 Å². The number of thiazole rings is 1. The van der Waals surface area contributed by atoms with Crippen LogP contribution in [0.25, 0.3) is 31.9 Å². The van der Waals surface area contributed by atoms with Crippen molar-refractivity contribution in [3.8, 4) is 21.7 Å². The first kappa shape index (κ1) is 26.2. The molecule has 0 radical (unpaired) electrons. The lowest BCUT2D eigenvalue weighted by molar-refractivity contribution is -0.116. The lowest BCUT2D eigenvalue weighted by Crippen LogP contribution is -2.41. The minimum atomic E-state index is -0.936. The molecule has 0 saturated heterocycles. The van der Waals surface area contributed by atoms with Crippen LogP contribution in [0.4, 0.5) is 9.80 Å². The first-order valence-electron chi connectivity index (χ1n) is 12.4. The van der Waals surface area contributed by atoms with E-state index in [1.165, 1.54) is 16.2 Å². The topological polar surface area (TPSA) is 117 Å². The van der Waals surface area contributed by atoms with Gasteiger partial charge in [-0.2, -0.15) is 0 Å². The highest BCUT2D eigenvalue weighted by molar-refractivity contribution is 7.23. The fourth-order valence-corrected chi connectivity index (χ4v) is 6.93. The Morgan fingerprint density at radius 3 is 2.74 bits per heavy atom. The van der Waals surface area contributed by atoms with Crippen LogP contribution in [0.3, 0.4) is 0 Å². The zero-order valence-electron chi connectivity index (χ0n) is 21.2. The summed E-state index contributed by atoms with van der Waals surface area (Å²) in [4.78, 5) is 36.2. The molecule has 198 valence electrons. The van der Waals surface area contributed by atoms with Crippen molar-refractivity contribution in [3.63, 3.8) is 0 Å². The molecule has 5 rings (SSSR count). The number of aromatic nitrogens is 2. The summed E-state index contributed by atoms with van der Waals surface area (Å²) in [5.74, 6) is -0.0982. The number of carboxylic acid groups (broad SMARTS) is 1. The van der Waals surface area contributed by atoms with Crippen molar-refractivity contribution in [3.05, 3.63) is 53.2 Å². The molecule has 0 fully saturated rings. The summed E-state index contributed by atoms with van der Waals surface area (Å²) in [5.41, 5.74) is 4.99. The van der Waals surface area contributed by atoms with Gasteiger partial charge in [0.2, 0.25) is 5.91 Å². The fraction of sp³-hybridized carbons (Fsp3) is 0.333. The number of carbonyl (C=O) groups excluding carboxylic acids is 1. The molecule has 4 aromatic rings. The average molecular weight is 552 g/mol. The molecule has 0 spiro atoms. The first-order chi connectivity index (χ1) is 18.4. The minimum Gasteiger partial charge on any atom is -0.465 e. The normalized spacial score (nSPS) is 15.0. The molecule has 38 heavy (non-hydrogen) atoms. The van der Waals surface area contributed by atoms with E-state index in [0.29, 0.717) is 39.1 Å². The van der Waals surface area contributed by atoms with Crippen molar-refractivity contribution in [2.75, 3.05) is 32.1 Å². The molecule has 1 aliphatic rings. The zero-order chi connectivity index (χ0) is 26.6. The summed E-state index contributed by atoms with van der Waals surface area (Å²) < 4.78 is 6.08. The molecule has 1 aromatic carbocycles. The quantitative estimate of drug-likeness (QED) is 0.249. The number of rotatable bonds is 9. The summed E-state index contributed by atoms with van der Waals surface area (Å²) in [7, 11) is 1.64. The van der Waals surface area contributed by atoms with E-state index in [1.807, 2.05) is 19.1 Å². The number of carbonyl (C=O) groups is 2. The van der Waals surface area contributed by atoms with Crippen LogP contribution in [-0.2, 0) is 22.5 Å². The molecule has 0 bridgehead atoms. The highest BCUT2D eigenvalue weighted by Crippen LogP contribution is 2.46. The van der Waals surface area contributed by atoms with Gasteiger partial charge >= 0.3 is 6.09 Å². The van der Waals surface area contributed by atoms with Crippen molar-refractivity contribution in [1.29, 1.82) is 0 Å². The number of benzene rings is 1. The number of ether oxygens (including phenoxy) is 1. The largest absolute Gasteiger partial charge is 0.465 e. The summed E-state index contributed by atoms with van der Waals surface area (Å²) in [6.07, 6.45) is 3.49. The standard InChI is InChI=1S/C27H29N5O4S2/c1-16-13-19-22(15-32(16)27(34)35)38-26(31-23(33)7-10-29-11-12-36-2)24(19)25-30-20-14-18(3-4-21(20)37-25)17-5-8-28-9-6-17/h3-6,8-9,14,16,29H,7,10-13,15H2,1-2H3,(H,31,33)(H,34,35). The van der Waals surface area contributed by atoms with Crippen molar-refractivity contribution < 1.29 is 19.4 Å². The van der Waals surface area contributed by atoms with Crippen molar-refractivity contribution in [2.45, 2.75) is 32.4 Å². The molecular weight excluding hydrogens is 522 g/mol. The molecule has 0 saturated carbocycles. The summed E-state index contributed by atoms with van der Waals surface area (Å²) >= 11 is 3.03. The maximum atomic E-state index is 12.8. The van der Waals surface area contributed by atoms with Crippen LogP contribution < -0.4 is 10.6 Å². The Bertz CT molecular complexity index is 1450. The van der Waals surface area contributed by atoms with Gasteiger partial charge < -0.3 is 25.4 Å². The third-order valence-corrected chi connectivity index (χ3v) is 8.75. The predicted octanol–water partition coefficient (Wildman–Crippen LogP) is 5.08. The number of hydrogen-bond acceptors (Lipinski definition) is 8. The Hall–Kier alpha value is -3.38. The second-order valence-electron chi connectivity index (χ2n) is 9.15. The van der Waals surface area contributed by atoms with Gasteiger partial charge in [0.1, 0.15) is 10.0 Å². The fourth-order valence-electron chi connectivity index (χ4n) is 4.59. The average Bonchev–Trinajstić information content (AvgIpc) is 3.48. The number of fused-ring (bicyclic) bond motifs is 2. The Morgan fingerprint density at radius 1 is 1.16 bits per heavy atom. The number of pyridine rings is 1. The third-order valence-electron chi connectivity index (χ3n) is 6.56. The molecular formula is C27H29N5O4S2. The van der Waals surface area contributed by atoms with Crippen molar-refractivity contribution >= 4 is 49.9 Å². The molecule has 1 aliphatic heterocycles. The summed E-state index contributed by atoms with van der Waals surface area (Å²) in [6.45, 7) is 4.02. The molecule has 3 N–H and O–H groups in total. The van der Waals surface area contributed by atoms with E-state index < -0.39 is 6.09 Å². The van der Waals surface area contributed by atoms with Gasteiger partial charge in [0, 0.05) is 55.5 Å². The van der Waals surface area contributed by atoms with Crippen LogP contribution in [-0.4, -0.2) is 64.8 Å². The van der Waals surface area contributed by atoms with Gasteiger partial charge in [0.15, 0.2) is 0 Å². The first-order valence-corrected chi connectivity index (χ1v) is 14.0. The number of anilines is 1. The van der Waals surface area contributed by atoms with E-state index in [4.69, 9.17) is 9.72 Å². The van der Waals surface area contributed by atoms with E-state index in [2.05, 4.69) is 33.8 Å². The van der Waals surface area contributed by atoms with E-state index >= 15 is 0 Å². The SMILES string of the molecule is COCCNCCC(=O)Nc1sc2c(c1-c1nc3cc(-c4ccncc4)ccc3s1)CC(C)N(C(=O)O)C2. The van der Waals surface area contributed by atoms with Crippen LogP contribution in [0.2, 0.25) is 0 Å². The maximum absolute atomic E-state index is 12.8. The second kappa shape index (κ2) is 11.6. The van der Waals surface area contributed by atoms with Crippen LogP contribution in [0.1, 0.15) is 23.8 Å². The minimum absolute atomic E-state index is 0.0982. The Labute approximate surface area is 228 Å². The monoisotopic (exact) mass is 551 g/mol. The van der Waals surface area contributed by atoms with Gasteiger partial charge in [-0.1, -0.05) is 6.07 Å². The number of nitrogens with zero attached hydrogens (tertiary/aromatic N) is 3. The molecule has 1 atom stereocenters. The molecule has 11 heteroatoms. The molecule has 1 unspecified atom stereocenters. The zero-order valence-corrected chi connectivity index (χ0v) is 22.8. The Morgan fingerprint density at radius 2 is 1.97 bits per heavy atom. The van der Waals surface area contributed by atoms with Crippen LogP contribution in [0, 0.1) is 0 Å². The lowest BCUT2D eigenvalue weighted by atomic mass is 9.97. The highest BCUT2D eigenvalue weighted by Gasteiger charge is 2.33. The molecule has 0 aliphatic carbocycles.